The molecule has 0 aromatic heterocycles. The van der Waals surface area contributed by atoms with Crippen LogP contribution in [0.1, 0.15) is 149 Å². The molecule has 6 nitrogen and oxygen atoms in total. The Hall–Kier alpha value is -3.90. The fourth-order valence-corrected chi connectivity index (χ4v) is 8.88. The van der Waals surface area contributed by atoms with E-state index in [1.807, 2.05) is 0 Å². The number of allylic oxidation sites excluding steroid dienone is 8. The van der Waals surface area contributed by atoms with E-state index in [0.29, 0.717) is 26.1 Å². The molecule has 0 atom stereocenters. The lowest BCUT2D eigenvalue weighted by atomic mass is 9.81. The fraction of sp³-hybridized carbons (Fsp3) is 0.540. The maximum atomic E-state index is 12.1. The minimum absolute atomic E-state index is 0.0760. The minimum Gasteiger partial charge on any atom is -0.466 e. The molecule has 2 aromatic rings. The van der Waals surface area contributed by atoms with Crippen LogP contribution in [0.4, 0.5) is 11.4 Å². The van der Waals surface area contributed by atoms with Crippen LogP contribution in [0.15, 0.2) is 94.7 Å². The van der Waals surface area contributed by atoms with E-state index in [9.17, 15) is 9.59 Å². The number of fused-ring (bicyclic) bond motifs is 2. The zero-order valence-electron chi connectivity index (χ0n) is 35.8. The largest absolute Gasteiger partial charge is 0.466 e. The predicted molar refractivity (Wildman–Crippen MR) is 237 cm³/mol. The van der Waals surface area contributed by atoms with Gasteiger partial charge in [-0.3, -0.25) is 9.59 Å². The van der Waals surface area contributed by atoms with Crippen molar-refractivity contribution in [2.75, 3.05) is 31.2 Å². The van der Waals surface area contributed by atoms with E-state index in [1.165, 1.54) is 45.1 Å². The minimum atomic E-state index is -0.147. The Kier molecular flexibility index (Phi) is 16.4. The fourth-order valence-electron chi connectivity index (χ4n) is 8.57. The number of carbonyl (C=O) groups excluding carboxylic acids is 2. The van der Waals surface area contributed by atoms with Gasteiger partial charge < -0.3 is 14.4 Å². The highest BCUT2D eigenvalue weighted by Crippen LogP contribution is 2.48. The van der Waals surface area contributed by atoms with E-state index >= 15 is 0 Å². The molecule has 3 aliphatic rings. The molecule has 7 heteroatoms. The molecule has 2 aliphatic heterocycles. The van der Waals surface area contributed by atoms with Crippen molar-refractivity contribution in [2.24, 2.45) is 0 Å². The molecular formula is C50H68ClN2O4+. The number of halogens is 1. The van der Waals surface area contributed by atoms with E-state index in [1.54, 1.807) is 0 Å². The predicted octanol–water partition coefficient (Wildman–Crippen LogP) is 12.7. The highest BCUT2D eigenvalue weighted by Gasteiger charge is 2.44. The van der Waals surface area contributed by atoms with Gasteiger partial charge in [-0.05, 0) is 100 Å². The molecule has 0 radical (unpaired) electrons. The SMILES string of the molecule is CCCCOC(=O)CCCCCN1/C(=C/C=C2\CCCC(/C=C/C3=[N+](CCCCCC(=O)OCCCC)c4ccccc4C3(C)C)=C2Cl)C(C)(C)c2ccccc21. The van der Waals surface area contributed by atoms with Crippen molar-refractivity contribution in [3.63, 3.8) is 0 Å². The molecule has 1 aliphatic carbocycles. The van der Waals surface area contributed by atoms with Crippen LogP contribution in [0, 0.1) is 0 Å². The smallest absolute Gasteiger partial charge is 0.305 e. The molecule has 0 fully saturated rings. The Balaban J connectivity index is 1.31. The molecule has 0 spiro atoms. The molecule has 0 N–H and O–H groups in total. The molecular weight excluding hydrogens is 728 g/mol. The van der Waals surface area contributed by atoms with E-state index in [-0.39, 0.29) is 22.8 Å². The molecule has 2 aromatic carbocycles. The Morgan fingerprint density at radius 1 is 0.737 bits per heavy atom. The number of para-hydroxylation sites is 2. The summed E-state index contributed by atoms with van der Waals surface area (Å²) in [4.78, 5) is 26.8. The van der Waals surface area contributed by atoms with E-state index < -0.39 is 0 Å². The second-order valence-electron chi connectivity index (χ2n) is 17.0. The van der Waals surface area contributed by atoms with Crippen LogP contribution < -0.4 is 4.90 Å². The number of benzene rings is 2. The molecule has 0 unspecified atom stereocenters. The lowest BCUT2D eigenvalue weighted by molar-refractivity contribution is -0.438. The number of carbonyl (C=O) groups is 2. The van der Waals surface area contributed by atoms with Crippen molar-refractivity contribution in [2.45, 2.75) is 149 Å². The van der Waals surface area contributed by atoms with Crippen molar-refractivity contribution in [3.8, 4) is 0 Å². The van der Waals surface area contributed by atoms with Crippen LogP contribution in [0.25, 0.3) is 0 Å². The van der Waals surface area contributed by atoms with Gasteiger partial charge in [0, 0.05) is 65.3 Å². The summed E-state index contributed by atoms with van der Waals surface area (Å²) in [6.45, 7) is 16.4. The van der Waals surface area contributed by atoms with Gasteiger partial charge in [0.1, 0.15) is 6.54 Å². The molecule has 0 saturated heterocycles. The van der Waals surface area contributed by atoms with Crippen LogP contribution in [-0.2, 0) is 29.9 Å². The zero-order chi connectivity index (χ0) is 40.8. The summed E-state index contributed by atoms with van der Waals surface area (Å²) < 4.78 is 13.2. The standard InChI is InChI=1S/C50H68ClN2O4/c1-7-9-36-56-46(54)28-13-11-19-34-52-42-26-17-15-24-40(42)49(3,4)44(52)32-30-38-22-21-23-39(48(38)51)31-33-45-50(5,6)41-25-16-18-27-43(41)53(45)35-20-12-14-29-47(55)57-37-10-8-2/h15-18,24-27,30-33H,7-14,19-23,28-29,34-37H2,1-6H3/q+1. The summed E-state index contributed by atoms with van der Waals surface area (Å²) in [5, 5.41) is 0.867. The number of unbranched alkanes of at least 4 members (excludes halogenated alkanes) is 6. The Morgan fingerprint density at radius 3 is 2.05 bits per heavy atom. The lowest BCUT2D eigenvalue weighted by Crippen LogP contribution is -2.28. The van der Waals surface area contributed by atoms with Crippen LogP contribution in [0.3, 0.4) is 0 Å². The number of rotatable bonds is 21. The van der Waals surface area contributed by atoms with Gasteiger partial charge >= 0.3 is 11.9 Å². The summed E-state index contributed by atoms with van der Waals surface area (Å²) in [5.41, 5.74) is 9.87. The van der Waals surface area contributed by atoms with Gasteiger partial charge in [0.25, 0.3) is 0 Å². The number of hydrogen-bond acceptors (Lipinski definition) is 5. The monoisotopic (exact) mass is 795 g/mol. The van der Waals surface area contributed by atoms with Gasteiger partial charge in [-0.25, -0.2) is 0 Å². The highest BCUT2D eigenvalue weighted by molar-refractivity contribution is 6.32. The van der Waals surface area contributed by atoms with Crippen LogP contribution in [-0.4, -0.2) is 48.5 Å². The first-order chi connectivity index (χ1) is 27.5. The summed E-state index contributed by atoms with van der Waals surface area (Å²) >= 11 is 7.30. The van der Waals surface area contributed by atoms with Gasteiger partial charge in [-0.15, -0.1) is 0 Å². The molecule has 308 valence electrons. The van der Waals surface area contributed by atoms with E-state index in [2.05, 4.69) is 124 Å². The van der Waals surface area contributed by atoms with E-state index in [0.717, 1.165) is 102 Å². The van der Waals surface area contributed by atoms with Gasteiger partial charge in [-0.2, -0.15) is 4.58 Å². The zero-order valence-corrected chi connectivity index (χ0v) is 36.5. The first-order valence-electron chi connectivity index (χ1n) is 21.9. The summed E-state index contributed by atoms with van der Waals surface area (Å²) in [6, 6.07) is 17.5. The van der Waals surface area contributed by atoms with Gasteiger partial charge in [-0.1, -0.05) is 107 Å². The maximum Gasteiger partial charge on any atom is 0.305 e. The molecule has 0 saturated carbocycles. The van der Waals surface area contributed by atoms with Gasteiger partial charge in [0.2, 0.25) is 5.69 Å². The highest BCUT2D eigenvalue weighted by atomic mass is 35.5. The molecule has 57 heavy (non-hydrogen) atoms. The first-order valence-corrected chi connectivity index (χ1v) is 22.3. The van der Waals surface area contributed by atoms with Gasteiger partial charge in [0.15, 0.2) is 5.71 Å². The first kappa shape index (κ1) is 44.2. The normalized spacial score (nSPS) is 18.5. The Bertz CT molecular complexity index is 1860. The Morgan fingerprint density at radius 2 is 1.37 bits per heavy atom. The average Bonchev–Trinajstić information content (AvgIpc) is 3.55. The van der Waals surface area contributed by atoms with Crippen LogP contribution in [0.5, 0.6) is 0 Å². The lowest BCUT2D eigenvalue weighted by Gasteiger charge is -2.27. The summed E-state index contributed by atoms with van der Waals surface area (Å²) in [5.74, 6) is -0.152. The summed E-state index contributed by atoms with van der Waals surface area (Å²) in [6.07, 6.45) is 22.7. The van der Waals surface area contributed by atoms with E-state index in [4.69, 9.17) is 21.1 Å². The van der Waals surface area contributed by atoms with Crippen LogP contribution in [0.2, 0.25) is 0 Å². The van der Waals surface area contributed by atoms with Crippen molar-refractivity contribution in [1.82, 2.24) is 0 Å². The summed E-state index contributed by atoms with van der Waals surface area (Å²) in [7, 11) is 0. The average molecular weight is 797 g/mol. The third-order valence-electron chi connectivity index (χ3n) is 12.0. The van der Waals surface area contributed by atoms with Crippen molar-refractivity contribution < 1.29 is 23.6 Å². The third kappa shape index (κ3) is 11.2. The van der Waals surface area contributed by atoms with Crippen LogP contribution >= 0.6 is 11.6 Å². The molecule has 5 rings (SSSR count). The number of ether oxygens (including phenoxy) is 2. The maximum absolute atomic E-state index is 12.1. The molecule has 0 amide bonds. The topological polar surface area (TPSA) is 58.8 Å². The Labute approximate surface area is 348 Å². The van der Waals surface area contributed by atoms with Crippen molar-refractivity contribution in [1.29, 1.82) is 0 Å². The third-order valence-corrected chi connectivity index (χ3v) is 12.5. The molecule has 0 bridgehead atoms. The number of anilines is 1. The molecule has 2 heterocycles. The number of hydrogen-bond donors (Lipinski definition) is 0. The quantitative estimate of drug-likeness (QED) is 0.0715. The number of esters is 2. The van der Waals surface area contributed by atoms with Gasteiger partial charge in [0.05, 0.1) is 18.6 Å². The second kappa shape index (κ2) is 21.2. The van der Waals surface area contributed by atoms with Crippen molar-refractivity contribution >= 4 is 40.6 Å². The second-order valence-corrected chi connectivity index (χ2v) is 17.4. The number of nitrogens with zero attached hydrogens (tertiary/aromatic N) is 2. The van der Waals surface area contributed by atoms with Crippen molar-refractivity contribution in [3.05, 3.63) is 106 Å².